The number of rotatable bonds is 3. The molecule has 1 N–H and O–H groups in total. The van der Waals surface area contributed by atoms with Gasteiger partial charge in [0, 0.05) is 44.4 Å². The first-order chi connectivity index (χ1) is 9.79. The number of amides is 1. The molecule has 6 nitrogen and oxygen atoms in total. The average molecular weight is 271 g/mol. The number of hydrogen-bond donors (Lipinski definition) is 1. The fourth-order valence-electron chi connectivity index (χ4n) is 2.43. The van der Waals surface area contributed by atoms with Gasteiger partial charge in [0.1, 0.15) is 5.82 Å². The van der Waals surface area contributed by atoms with E-state index < -0.39 is 0 Å². The Kier molecular flexibility index (Phi) is 3.37. The summed E-state index contributed by atoms with van der Waals surface area (Å²) in [5.41, 5.74) is 1.45. The van der Waals surface area contributed by atoms with Crippen molar-refractivity contribution in [2.75, 3.05) is 18.4 Å². The Morgan fingerprint density at radius 1 is 1.40 bits per heavy atom. The molecule has 0 aromatic carbocycles. The van der Waals surface area contributed by atoms with Gasteiger partial charge in [-0.3, -0.25) is 9.78 Å². The van der Waals surface area contributed by atoms with Crippen LogP contribution in [0.3, 0.4) is 0 Å². The molecule has 2 aromatic heterocycles. The second-order valence-corrected chi connectivity index (χ2v) is 4.72. The van der Waals surface area contributed by atoms with Crippen LogP contribution in [0.4, 0.5) is 5.69 Å². The van der Waals surface area contributed by atoms with E-state index in [-0.39, 0.29) is 5.91 Å². The zero-order valence-electron chi connectivity index (χ0n) is 11.4. The van der Waals surface area contributed by atoms with Crippen molar-refractivity contribution in [3.63, 3.8) is 0 Å². The molecule has 6 heteroatoms. The van der Waals surface area contributed by atoms with E-state index in [0.717, 1.165) is 24.6 Å². The molecule has 20 heavy (non-hydrogen) atoms. The van der Waals surface area contributed by atoms with E-state index in [0.29, 0.717) is 18.7 Å². The molecule has 0 unspecified atom stereocenters. The monoisotopic (exact) mass is 271 g/mol. The first-order valence-electron chi connectivity index (χ1n) is 6.76. The Balaban J connectivity index is 1.83. The molecule has 2 aromatic rings. The maximum atomic E-state index is 12.6. The van der Waals surface area contributed by atoms with Gasteiger partial charge in [-0.2, -0.15) is 0 Å². The normalized spacial score (nSPS) is 13.9. The van der Waals surface area contributed by atoms with Crippen molar-refractivity contribution in [2.45, 2.75) is 20.0 Å². The van der Waals surface area contributed by atoms with Gasteiger partial charge >= 0.3 is 0 Å². The lowest BCUT2D eigenvalue weighted by molar-refractivity contribution is 0.0708. The summed E-state index contributed by atoms with van der Waals surface area (Å²) in [6.45, 7) is 4.81. The van der Waals surface area contributed by atoms with Crippen LogP contribution < -0.4 is 5.32 Å². The smallest absolute Gasteiger partial charge is 0.257 e. The molecule has 0 saturated carbocycles. The number of fused-ring (bicyclic) bond motifs is 1. The van der Waals surface area contributed by atoms with E-state index in [1.54, 1.807) is 18.6 Å². The molecule has 0 fully saturated rings. The van der Waals surface area contributed by atoms with Crippen LogP contribution in [0.2, 0.25) is 0 Å². The quantitative estimate of drug-likeness (QED) is 0.915. The third-order valence-corrected chi connectivity index (χ3v) is 3.45. The Morgan fingerprint density at radius 3 is 3.15 bits per heavy atom. The Hall–Kier alpha value is -2.37. The van der Waals surface area contributed by atoms with Crippen molar-refractivity contribution in [3.05, 3.63) is 42.2 Å². The van der Waals surface area contributed by atoms with E-state index in [1.807, 2.05) is 24.1 Å². The number of carbonyl (C=O) groups is 1. The lowest BCUT2D eigenvalue weighted by Crippen LogP contribution is -2.38. The number of aromatic nitrogens is 3. The zero-order chi connectivity index (χ0) is 13.9. The lowest BCUT2D eigenvalue weighted by atomic mass is 10.2. The van der Waals surface area contributed by atoms with Crippen molar-refractivity contribution < 1.29 is 4.79 Å². The third kappa shape index (κ3) is 2.24. The van der Waals surface area contributed by atoms with E-state index in [2.05, 4.69) is 19.9 Å². The van der Waals surface area contributed by atoms with E-state index >= 15 is 0 Å². The summed E-state index contributed by atoms with van der Waals surface area (Å²) in [4.78, 5) is 22.8. The molecule has 1 amide bonds. The third-order valence-electron chi connectivity index (χ3n) is 3.45. The van der Waals surface area contributed by atoms with Gasteiger partial charge < -0.3 is 14.8 Å². The van der Waals surface area contributed by atoms with Gasteiger partial charge in [0.2, 0.25) is 0 Å². The van der Waals surface area contributed by atoms with Crippen LogP contribution in [0.15, 0.2) is 30.9 Å². The minimum absolute atomic E-state index is 0.00306. The van der Waals surface area contributed by atoms with Gasteiger partial charge in [-0.25, -0.2) is 4.98 Å². The van der Waals surface area contributed by atoms with Crippen LogP contribution >= 0.6 is 0 Å². The maximum Gasteiger partial charge on any atom is 0.257 e. The second-order valence-electron chi connectivity index (χ2n) is 4.72. The number of nitrogens with zero attached hydrogens (tertiary/aromatic N) is 4. The van der Waals surface area contributed by atoms with Crippen LogP contribution in [0, 0.1) is 0 Å². The predicted molar refractivity (Wildman–Crippen MR) is 75.4 cm³/mol. The molecule has 0 aliphatic carbocycles. The summed E-state index contributed by atoms with van der Waals surface area (Å²) in [5.74, 6) is 0.932. The molecule has 3 heterocycles. The SMILES string of the molecule is CCNc1ccncc1C(=O)N1CCn2ccnc2C1. The summed E-state index contributed by atoms with van der Waals surface area (Å²) in [5, 5.41) is 3.20. The van der Waals surface area contributed by atoms with Gasteiger partial charge in [0.15, 0.2) is 0 Å². The molecule has 104 valence electrons. The first kappa shape index (κ1) is 12.7. The molecular weight excluding hydrogens is 254 g/mol. The van der Waals surface area contributed by atoms with Crippen LogP contribution in [0.1, 0.15) is 23.1 Å². The number of carbonyl (C=O) groups excluding carboxylic acids is 1. The highest BCUT2D eigenvalue weighted by Crippen LogP contribution is 2.19. The van der Waals surface area contributed by atoms with Crippen LogP contribution in [-0.4, -0.2) is 38.4 Å². The van der Waals surface area contributed by atoms with Gasteiger partial charge in [0.25, 0.3) is 5.91 Å². The van der Waals surface area contributed by atoms with Gasteiger partial charge in [-0.1, -0.05) is 0 Å². The largest absolute Gasteiger partial charge is 0.385 e. The van der Waals surface area contributed by atoms with E-state index in [4.69, 9.17) is 0 Å². The minimum atomic E-state index is 0.00306. The maximum absolute atomic E-state index is 12.6. The molecule has 1 aliphatic heterocycles. The Labute approximate surface area is 117 Å². The Morgan fingerprint density at radius 2 is 2.30 bits per heavy atom. The molecule has 0 spiro atoms. The average Bonchev–Trinajstić information content (AvgIpc) is 2.95. The molecular formula is C14H17N5O. The molecule has 1 aliphatic rings. The number of imidazole rings is 1. The van der Waals surface area contributed by atoms with Gasteiger partial charge in [-0.05, 0) is 13.0 Å². The van der Waals surface area contributed by atoms with Crippen molar-refractivity contribution in [1.29, 1.82) is 0 Å². The number of anilines is 1. The predicted octanol–water partition coefficient (Wildman–Crippen LogP) is 1.37. The molecule has 0 atom stereocenters. The Bertz CT molecular complexity index is 622. The fraction of sp³-hybridized carbons (Fsp3) is 0.357. The zero-order valence-corrected chi connectivity index (χ0v) is 11.4. The fourth-order valence-corrected chi connectivity index (χ4v) is 2.43. The highest BCUT2D eigenvalue weighted by Gasteiger charge is 2.24. The lowest BCUT2D eigenvalue weighted by Gasteiger charge is -2.28. The summed E-state index contributed by atoms with van der Waals surface area (Å²) in [7, 11) is 0. The minimum Gasteiger partial charge on any atom is -0.385 e. The second kappa shape index (κ2) is 5.32. The van der Waals surface area contributed by atoms with Gasteiger partial charge in [-0.15, -0.1) is 0 Å². The van der Waals surface area contributed by atoms with Crippen molar-refractivity contribution >= 4 is 11.6 Å². The molecule has 3 rings (SSSR count). The van der Waals surface area contributed by atoms with Gasteiger partial charge in [0.05, 0.1) is 17.8 Å². The summed E-state index contributed by atoms with van der Waals surface area (Å²) < 4.78 is 2.08. The van der Waals surface area contributed by atoms with Crippen molar-refractivity contribution in [1.82, 2.24) is 19.4 Å². The number of hydrogen-bond acceptors (Lipinski definition) is 4. The summed E-state index contributed by atoms with van der Waals surface area (Å²) in [6, 6.07) is 1.83. The van der Waals surface area contributed by atoms with E-state index in [1.165, 1.54) is 0 Å². The molecule has 0 radical (unpaired) electrons. The van der Waals surface area contributed by atoms with Crippen LogP contribution in [0.25, 0.3) is 0 Å². The van der Waals surface area contributed by atoms with Crippen LogP contribution in [0.5, 0.6) is 0 Å². The summed E-state index contributed by atoms with van der Waals surface area (Å²) in [6.07, 6.45) is 7.04. The molecule has 0 bridgehead atoms. The van der Waals surface area contributed by atoms with Crippen molar-refractivity contribution in [2.24, 2.45) is 0 Å². The van der Waals surface area contributed by atoms with Crippen LogP contribution in [-0.2, 0) is 13.1 Å². The number of pyridine rings is 1. The first-order valence-corrected chi connectivity index (χ1v) is 6.76. The van der Waals surface area contributed by atoms with E-state index in [9.17, 15) is 4.79 Å². The highest BCUT2D eigenvalue weighted by atomic mass is 16.2. The number of nitrogens with one attached hydrogen (secondary N) is 1. The standard InChI is InChI=1S/C14H17N5O/c1-2-16-12-3-4-15-9-11(12)14(20)19-8-7-18-6-5-17-13(18)10-19/h3-6,9H,2,7-8,10H2,1H3,(H,15,16). The summed E-state index contributed by atoms with van der Waals surface area (Å²) >= 11 is 0. The molecule has 0 saturated heterocycles. The highest BCUT2D eigenvalue weighted by molar-refractivity contribution is 5.99. The van der Waals surface area contributed by atoms with Crippen molar-refractivity contribution in [3.8, 4) is 0 Å². The topological polar surface area (TPSA) is 63.1 Å².